The second kappa shape index (κ2) is 2.94. The Morgan fingerprint density at radius 1 is 1.83 bits per heavy atom. The quantitative estimate of drug-likeness (QED) is 0.659. The van der Waals surface area contributed by atoms with Gasteiger partial charge in [0.1, 0.15) is 0 Å². The molecule has 5 heteroatoms. The highest BCUT2D eigenvalue weighted by atomic mass is 16.4. The van der Waals surface area contributed by atoms with Gasteiger partial charge in [-0.1, -0.05) is 0 Å². The van der Waals surface area contributed by atoms with E-state index in [2.05, 4.69) is 5.10 Å². The van der Waals surface area contributed by atoms with Crippen LogP contribution in [0.1, 0.15) is 29.1 Å². The minimum atomic E-state index is -1.03. The molecule has 66 valence electrons. The number of hydrogen-bond acceptors (Lipinski definition) is 3. The number of aryl methyl sites for hydroxylation is 1. The molecule has 0 aliphatic heterocycles. The summed E-state index contributed by atoms with van der Waals surface area (Å²) in [6.45, 7) is 1.78. The summed E-state index contributed by atoms with van der Waals surface area (Å²) in [5, 5.41) is 12.4. The molecule has 0 bridgehead atoms. The van der Waals surface area contributed by atoms with Gasteiger partial charge in [-0.25, -0.2) is 4.79 Å². The van der Waals surface area contributed by atoms with E-state index in [0.717, 1.165) is 0 Å². The van der Waals surface area contributed by atoms with E-state index in [1.807, 2.05) is 0 Å². The highest BCUT2D eigenvalue weighted by molar-refractivity contribution is 5.85. The average molecular weight is 169 g/mol. The minimum Gasteiger partial charge on any atom is -0.476 e. The molecule has 0 spiro atoms. The Balaban J connectivity index is 3.09. The van der Waals surface area contributed by atoms with Gasteiger partial charge in [0.2, 0.25) is 0 Å². The second-order valence-corrected chi connectivity index (χ2v) is 2.67. The van der Waals surface area contributed by atoms with Gasteiger partial charge >= 0.3 is 5.97 Å². The molecule has 1 atom stereocenters. The predicted molar refractivity (Wildman–Crippen MR) is 42.8 cm³/mol. The molecule has 0 amide bonds. The molecule has 0 aliphatic rings. The summed E-state index contributed by atoms with van der Waals surface area (Å²) in [6, 6.07) is 1.28. The summed E-state index contributed by atoms with van der Waals surface area (Å²) in [5.74, 6) is -1.03. The smallest absolute Gasteiger partial charge is 0.356 e. The Bertz CT molecular complexity index is 304. The van der Waals surface area contributed by atoms with Crippen LogP contribution in [0, 0.1) is 0 Å². The van der Waals surface area contributed by atoms with Gasteiger partial charge in [-0.05, 0) is 13.0 Å². The third kappa shape index (κ3) is 1.45. The van der Waals surface area contributed by atoms with Crippen molar-refractivity contribution in [3.05, 3.63) is 17.5 Å². The fourth-order valence-corrected chi connectivity index (χ4v) is 1.01. The van der Waals surface area contributed by atoms with E-state index < -0.39 is 5.97 Å². The van der Waals surface area contributed by atoms with Crippen LogP contribution in [0.25, 0.3) is 0 Å². The lowest BCUT2D eigenvalue weighted by molar-refractivity contribution is 0.0689. The van der Waals surface area contributed by atoms with Gasteiger partial charge in [0.15, 0.2) is 5.69 Å². The first-order valence-electron chi connectivity index (χ1n) is 3.55. The number of hydrogen-bond donors (Lipinski definition) is 2. The van der Waals surface area contributed by atoms with E-state index >= 15 is 0 Å². The fourth-order valence-electron chi connectivity index (χ4n) is 1.01. The van der Waals surface area contributed by atoms with E-state index in [4.69, 9.17) is 10.8 Å². The van der Waals surface area contributed by atoms with Crippen molar-refractivity contribution in [1.29, 1.82) is 0 Å². The largest absolute Gasteiger partial charge is 0.476 e. The number of rotatable bonds is 2. The number of carbonyl (C=O) groups is 1. The third-order valence-corrected chi connectivity index (χ3v) is 1.60. The predicted octanol–water partition coefficient (Wildman–Crippen LogP) is 0.138. The van der Waals surface area contributed by atoms with Crippen molar-refractivity contribution >= 4 is 5.97 Å². The standard InChI is InChI=1S/C7H11N3O2/c1-4(8)6-3-5(7(11)12)9-10(6)2/h3-4H,8H2,1-2H3,(H,11,12). The van der Waals surface area contributed by atoms with Gasteiger partial charge < -0.3 is 10.8 Å². The van der Waals surface area contributed by atoms with Crippen LogP contribution in [0.5, 0.6) is 0 Å². The Hall–Kier alpha value is -1.36. The lowest BCUT2D eigenvalue weighted by Gasteiger charge is -2.03. The lowest BCUT2D eigenvalue weighted by atomic mass is 10.2. The van der Waals surface area contributed by atoms with Crippen molar-refractivity contribution in [1.82, 2.24) is 9.78 Å². The highest BCUT2D eigenvalue weighted by Crippen LogP contribution is 2.09. The molecule has 0 saturated heterocycles. The number of nitrogens with two attached hydrogens (primary N) is 1. The molecule has 0 aliphatic carbocycles. The summed E-state index contributed by atoms with van der Waals surface area (Å²) in [4.78, 5) is 10.5. The SMILES string of the molecule is CC(N)c1cc(C(=O)O)nn1C. The normalized spacial score (nSPS) is 12.9. The summed E-state index contributed by atoms with van der Waals surface area (Å²) in [5.41, 5.74) is 6.32. The van der Waals surface area contributed by atoms with E-state index in [-0.39, 0.29) is 11.7 Å². The maximum atomic E-state index is 10.5. The first-order valence-corrected chi connectivity index (χ1v) is 3.55. The molecule has 1 aromatic heterocycles. The van der Waals surface area contributed by atoms with E-state index in [1.54, 1.807) is 14.0 Å². The van der Waals surface area contributed by atoms with Gasteiger partial charge in [0, 0.05) is 13.1 Å². The molecular weight excluding hydrogens is 158 g/mol. The molecule has 0 fully saturated rings. The molecule has 1 aromatic rings. The summed E-state index contributed by atoms with van der Waals surface area (Å²) in [7, 11) is 1.67. The number of aromatic nitrogens is 2. The number of nitrogens with zero attached hydrogens (tertiary/aromatic N) is 2. The molecule has 0 aromatic carbocycles. The molecule has 3 N–H and O–H groups in total. The van der Waals surface area contributed by atoms with Crippen molar-refractivity contribution in [3.63, 3.8) is 0 Å². The van der Waals surface area contributed by atoms with Crippen LogP contribution in [0.4, 0.5) is 0 Å². The van der Waals surface area contributed by atoms with Gasteiger partial charge in [-0.15, -0.1) is 0 Å². The van der Waals surface area contributed by atoms with Crippen molar-refractivity contribution in [2.45, 2.75) is 13.0 Å². The minimum absolute atomic E-state index is 0.0322. The summed E-state index contributed by atoms with van der Waals surface area (Å²) in [6.07, 6.45) is 0. The Morgan fingerprint density at radius 3 is 2.67 bits per heavy atom. The zero-order valence-electron chi connectivity index (χ0n) is 6.98. The van der Waals surface area contributed by atoms with Crippen molar-refractivity contribution in [2.75, 3.05) is 0 Å². The van der Waals surface area contributed by atoms with Crippen LogP contribution in [-0.2, 0) is 7.05 Å². The highest BCUT2D eigenvalue weighted by Gasteiger charge is 2.12. The van der Waals surface area contributed by atoms with Crippen molar-refractivity contribution < 1.29 is 9.90 Å². The van der Waals surface area contributed by atoms with Crippen molar-refractivity contribution in [3.8, 4) is 0 Å². The van der Waals surface area contributed by atoms with Crippen LogP contribution in [0.2, 0.25) is 0 Å². The molecule has 5 nitrogen and oxygen atoms in total. The molecule has 1 rings (SSSR count). The van der Waals surface area contributed by atoms with Crippen LogP contribution < -0.4 is 5.73 Å². The molecule has 12 heavy (non-hydrogen) atoms. The van der Waals surface area contributed by atoms with Crippen LogP contribution in [0.15, 0.2) is 6.07 Å². The van der Waals surface area contributed by atoms with Gasteiger partial charge in [0.25, 0.3) is 0 Å². The zero-order chi connectivity index (χ0) is 9.30. The Labute approximate surface area is 69.8 Å². The molecule has 0 radical (unpaired) electrons. The monoisotopic (exact) mass is 169 g/mol. The van der Waals surface area contributed by atoms with Crippen LogP contribution in [0.3, 0.4) is 0 Å². The molecule has 1 heterocycles. The number of aromatic carboxylic acids is 1. The zero-order valence-corrected chi connectivity index (χ0v) is 6.98. The van der Waals surface area contributed by atoms with Gasteiger partial charge in [-0.2, -0.15) is 5.10 Å². The van der Waals surface area contributed by atoms with Gasteiger partial charge in [0.05, 0.1) is 5.69 Å². The molecular formula is C7H11N3O2. The molecule has 1 unspecified atom stereocenters. The topological polar surface area (TPSA) is 81.1 Å². The van der Waals surface area contributed by atoms with E-state index in [9.17, 15) is 4.79 Å². The van der Waals surface area contributed by atoms with E-state index in [0.29, 0.717) is 5.69 Å². The summed E-state index contributed by atoms with van der Waals surface area (Å²) < 4.78 is 1.48. The van der Waals surface area contributed by atoms with Crippen LogP contribution >= 0.6 is 0 Å². The van der Waals surface area contributed by atoms with E-state index in [1.165, 1.54) is 10.7 Å². The Kier molecular flexibility index (Phi) is 2.14. The maximum Gasteiger partial charge on any atom is 0.356 e. The third-order valence-electron chi connectivity index (χ3n) is 1.60. The van der Waals surface area contributed by atoms with Crippen LogP contribution in [-0.4, -0.2) is 20.9 Å². The van der Waals surface area contributed by atoms with Gasteiger partial charge in [-0.3, -0.25) is 4.68 Å². The number of carboxylic acid groups (broad SMARTS) is 1. The first-order chi connectivity index (χ1) is 5.52. The Morgan fingerprint density at radius 2 is 2.42 bits per heavy atom. The number of carboxylic acids is 1. The lowest BCUT2D eigenvalue weighted by Crippen LogP contribution is -2.10. The second-order valence-electron chi connectivity index (χ2n) is 2.67. The summed E-state index contributed by atoms with van der Waals surface area (Å²) >= 11 is 0. The van der Waals surface area contributed by atoms with Crippen molar-refractivity contribution in [2.24, 2.45) is 12.8 Å². The average Bonchev–Trinajstić information content (AvgIpc) is 2.30. The molecule has 0 saturated carbocycles. The first kappa shape index (κ1) is 8.73. The fraction of sp³-hybridized carbons (Fsp3) is 0.429. The maximum absolute atomic E-state index is 10.5.